The average molecular weight is 381 g/mol. The number of rotatable bonds is 0. The Labute approximate surface area is 156 Å². The lowest BCUT2D eigenvalue weighted by molar-refractivity contribution is 1.18. The van der Waals surface area contributed by atoms with Gasteiger partial charge in [0.15, 0.2) is 0 Å². The van der Waals surface area contributed by atoms with Gasteiger partial charge in [-0.3, -0.25) is 0 Å². The van der Waals surface area contributed by atoms with Crippen LogP contribution in [0.15, 0.2) is 50.9 Å². The van der Waals surface area contributed by atoms with Crippen LogP contribution in [0.1, 0.15) is 10.4 Å². The van der Waals surface area contributed by atoms with Crippen LogP contribution < -0.4 is 9.75 Å². The van der Waals surface area contributed by atoms with E-state index in [0.717, 1.165) is 6.42 Å². The zero-order valence-corrected chi connectivity index (χ0v) is 15.9. The number of hydrogen-bond acceptors (Lipinski definition) is 4. The van der Waals surface area contributed by atoms with E-state index < -0.39 is 0 Å². The highest BCUT2D eigenvalue weighted by Gasteiger charge is 2.25. The predicted molar refractivity (Wildman–Crippen MR) is 111 cm³/mol. The fraction of sp³-hybridized carbons (Fsp3) is 0.100. The third kappa shape index (κ3) is 2.00. The molecule has 0 N–H and O–H groups in total. The molecule has 4 heterocycles. The van der Waals surface area contributed by atoms with E-state index >= 15 is 0 Å². The first-order valence-electron chi connectivity index (χ1n) is 7.92. The molecule has 6 rings (SSSR count). The quantitative estimate of drug-likeness (QED) is 0.522. The molecular formula is C20H12S4. The number of fused-ring (bicyclic) bond motifs is 7. The van der Waals surface area contributed by atoms with E-state index in [1.807, 2.05) is 46.2 Å². The molecule has 2 aromatic heterocycles. The van der Waals surface area contributed by atoms with Crippen LogP contribution in [0.5, 0.6) is 0 Å². The topological polar surface area (TPSA) is 0 Å². The van der Waals surface area contributed by atoms with Gasteiger partial charge in [-0.25, -0.2) is 0 Å². The molecule has 1 aromatic carbocycles. The molecule has 0 amide bonds. The Morgan fingerprint density at radius 1 is 1.12 bits per heavy atom. The van der Waals surface area contributed by atoms with Crippen molar-refractivity contribution in [1.82, 2.24) is 0 Å². The summed E-state index contributed by atoms with van der Waals surface area (Å²) >= 11 is 7.69. The molecule has 1 unspecified atom stereocenters. The van der Waals surface area contributed by atoms with Crippen LogP contribution in [0.2, 0.25) is 0 Å². The van der Waals surface area contributed by atoms with Gasteiger partial charge in [0.05, 0.1) is 0 Å². The van der Waals surface area contributed by atoms with Gasteiger partial charge >= 0.3 is 0 Å². The normalized spacial score (nSPS) is 20.3. The first-order valence-corrected chi connectivity index (χ1v) is 11.4. The van der Waals surface area contributed by atoms with Gasteiger partial charge in [0, 0.05) is 34.5 Å². The molecule has 0 radical (unpaired) electrons. The van der Waals surface area contributed by atoms with Crippen LogP contribution in [-0.2, 0) is 6.42 Å². The Morgan fingerprint density at radius 2 is 2.12 bits per heavy atom. The lowest BCUT2D eigenvalue weighted by Gasteiger charge is -2.16. The van der Waals surface area contributed by atoms with Gasteiger partial charge in [0.2, 0.25) is 0 Å². The van der Waals surface area contributed by atoms with Crippen molar-refractivity contribution in [3.8, 4) is 0 Å². The van der Waals surface area contributed by atoms with E-state index in [4.69, 9.17) is 0 Å². The second kappa shape index (κ2) is 5.15. The molecule has 0 saturated heterocycles. The first-order chi connectivity index (χ1) is 11.8. The van der Waals surface area contributed by atoms with Gasteiger partial charge < -0.3 is 0 Å². The molecule has 0 nitrogen and oxygen atoms in total. The Balaban J connectivity index is 1.62. The largest absolute Gasteiger partial charge is 0.144 e. The molecule has 116 valence electrons. The average Bonchev–Trinajstić information content (AvgIpc) is 3.14. The fourth-order valence-electron chi connectivity index (χ4n) is 3.54. The second-order valence-corrected chi connectivity index (χ2v) is 10.3. The summed E-state index contributed by atoms with van der Waals surface area (Å²) in [5, 5.41) is 7.70. The molecule has 1 aliphatic carbocycles. The molecule has 3 aliphatic rings. The smallest absolute Gasteiger partial charge is 0.0489 e. The third-order valence-electron chi connectivity index (χ3n) is 4.67. The van der Waals surface area contributed by atoms with Gasteiger partial charge in [-0.1, -0.05) is 23.9 Å². The highest BCUT2D eigenvalue weighted by molar-refractivity contribution is 8.02. The molecule has 3 aromatic rings. The summed E-state index contributed by atoms with van der Waals surface area (Å²) in [6.45, 7) is 0. The van der Waals surface area contributed by atoms with Crippen molar-refractivity contribution in [2.75, 3.05) is 0 Å². The standard InChI is InChI=1S/C20H12S4/c1-2-11-8-15-18(10-17(11)21-4-1)24-19-13-6-12-3-5-22-16(12)9-14(7-13)23-20(15)19/h1,3-10,14H,2H2. The van der Waals surface area contributed by atoms with Gasteiger partial charge in [0.25, 0.3) is 0 Å². The summed E-state index contributed by atoms with van der Waals surface area (Å²) in [5.41, 5.74) is 2.89. The first kappa shape index (κ1) is 14.0. The van der Waals surface area contributed by atoms with Crippen molar-refractivity contribution in [2.45, 2.75) is 21.5 Å². The van der Waals surface area contributed by atoms with Crippen LogP contribution in [0.3, 0.4) is 0 Å². The summed E-state index contributed by atoms with van der Waals surface area (Å²) in [6, 6.07) is 7.09. The third-order valence-corrected chi connectivity index (χ3v) is 9.06. The van der Waals surface area contributed by atoms with E-state index in [1.165, 1.54) is 45.6 Å². The SMILES string of the molecule is C1=CSc2cc3sc4c(c3cc2C1)SC1C=C4C=c2ccsc2=C1. The van der Waals surface area contributed by atoms with E-state index in [1.54, 1.807) is 0 Å². The van der Waals surface area contributed by atoms with Gasteiger partial charge in [-0.2, -0.15) is 0 Å². The van der Waals surface area contributed by atoms with Crippen LogP contribution in [0.4, 0.5) is 0 Å². The van der Waals surface area contributed by atoms with Crippen molar-refractivity contribution in [3.63, 3.8) is 0 Å². The molecule has 0 saturated carbocycles. The lowest BCUT2D eigenvalue weighted by Crippen LogP contribution is -2.17. The minimum Gasteiger partial charge on any atom is -0.144 e. The van der Waals surface area contributed by atoms with Crippen molar-refractivity contribution < 1.29 is 0 Å². The molecule has 1 atom stereocenters. The number of thioether (sulfide) groups is 2. The van der Waals surface area contributed by atoms with Gasteiger partial charge in [-0.15, -0.1) is 34.4 Å². The van der Waals surface area contributed by atoms with Gasteiger partial charge in [-0.05, 0) is 63.9 Å². The monoisotopic (exact) mass is 380 g/mol. The van der Waals surface area contributed by atoms with Crippen molar-refractivity contribution in [2.24, 2.45) is 0 Å². The van der Waals surface area contributed by atoms with Crippen molar-refractivity contribution >= 4 is 74.0 Å². The number of allylic oxidation sites excluding steroid dienone is 2. The Hall–Kier alpha value is -1.20. The zero-order valence-electron chi connectivity index (χ0n) is 12.6. The highest BCUT2D eigenvalue weighted by Crippen LogP contribution is 2.49. The summed E-state index contributed by atoms with van der Waals surface area (Å²) in [4.78, 5) is 4.37. The second-order valence-electron chi connectivity index (χ2n) is 6.17. The van der Waals surface area contributed by atoms with Gasteiger partial charge in [0.1, 0.15) is 0 Å². The number of hydrogen-bond donors (Lipinski definition) is 0. The van der Waals surface area contributed by atoms with E-state index in [0.29, 0.717) is 5.25 Å². The summed E-state index contributed by atoms with van der Waals surface area (Å²) in [6.07, 6.45) is 10.6. The van der Waals surface area contributed by atoms with Crippen LogP contribution >= 0.6 is 46.2 Å². The molecular weight excluding hydrogens is 368 g/mol. The molecule has 0 fully saturated rings. The minimum absolute atomic E-state index is 0.451. The lowest BCUT2D eigenvalue weighted by atomic mass is 10.1. The maximum atomic E-state index is 2.44. The summed E-state index contributed by atoms with van der Waals surface area (Å²) in [5.74, 6) is 0. The van der Waals surface area contributed by atoms with E-state index in [2.05, 4.69) is 53.3 Å². The predicted octanol–water partition coefficient (Wildman–Crippen LogP) is 5.26. The molecule has 2 bridgehead atoms. The summed E-state index contributed by atoms with van der Waals surface area (Å²) in [7, 11) is 0. The van der Waals surface area contributed by atoms with E-state index in [9.17, 15) is 0 Å². The van der Waals surface area contributed by atoms with Crippen LogP contribution in [0.25, 0.3) is 27.8 Å². The van der Waals surface area contributed by atoms with E-state index in [-0.39, 0.29) is 0 Å². The Bertz CT molecular complexity index is 1190. The summed E-state index contributed by atoms with van der Waals surface area (Å²) < 4.78 is 2.84. The minimum atomic E-state index is 0.451. The molecule has 2 aliphatic heterocycles. The van der Waals surface area contributed by atoms with Crippen LogP contribution in [-0.4, -0.2) is 5.25 Å². The van der Waals surface area contributed by atoms with Crippen molar-refractivity contribution in [1.29, 1.82) is 0 Å². The molecule has 4 heteroatoms. The van der Waals surface area contributed by atoms with Crippen LogP contribution in [0, 0.1) is 0 Å². The molecule has 0 spiro atoms. The maximum Gasteiger partial charge on any atom is 0.0489 e. The number of benzene rings is 1. The Morgan fingerprint density at radius 3 is 3.12 bits per heavy atom. The highest BCUT2D eigenvalue weighted by atomic mass is 32.2. The molecule has 24 heavy (non-hydrogen) atoms. The number of thiophene rings is 2. The maximum absolute atomic E-state index is 2.44. The zero-order chi connectivity index (χ0) is 15.7. The Kier molecular flexibility index (Phi) is 3.01. The van der Waals surface area contributed by atoms with Crippen molar-refractivity contribution in [3.05, 3.63) is 61.3 Å². The fourth-order valence-corrected chi connectivity index (χ4v) is 8.03.